The van der Waals surface area contributed by atoms with E-state index in [-0.39, 0.29) is 24.7 Å². The van der Waals surface area contributed by atoms with Crippen molar-refractivity contribution in [1.29, 1.82) is 0 Å². The summed E-state index contributed by atoms with van der Waals surface area (Å²) in [6.07, 6.45) is 1.28. The predicted octanol–water partition coefficient (Wildman–Crippen LogP) is -2.51. The van der Waals surface area contributed by atoms with Crippen molar-refractivity contribution in [1.82, 2.24) is 21.3 Å². The van der Waals surface area contributed by atoms with Crippen molar-refractivity contribution in [3.05, 3.63) is 0 Å². The summed E-state index contributed by atoms with van der Waals surface area (Å²) in [7, 11) is 0. The Balaban J connectivity index is 3.44. The Morgan fingerprint density at radius 3 is 1.44 bits per heavy atom. The lowest BCUT2D eigenvalue weighted by Gasteiger charge is -2.05. The van der Waals surface area contributed by atoms with E-state index in [2.05, 4.69) is 21.3 Å². The summed E-state index contributed by atoms with van der Waals surface area (Å²) in [6, 6.07) is 0. The van der Waals surface area contributed by atoms with E-state index >= 15 is 0 Å². The zero-order chi connectivity index (χ0) is 13.6. The van der Waals surface area contributed by atoms with Crippen LogP contribution >= 0.6 is 0 Å². The van der Waals surface area contributed by atoms with Gasteiger partial charge in [-0.15, -0.1) is 0 Å². The maximum absolute atomic E-state index is 11.2. The predicted molar refractivity (Wildman–Crippen MR) is 63.4 cm³/mol. The molecule has 0 spiro atoms. The van der Waals surface area contributed by atoms with E-state index in [0.717, 1.165) is 0 Å². The molecule has 4 amide bonds. The molecule has 8 heteroatoms. The first-order chi connectivity index (χ1) is 8.70. The number of amides is 4. The number of nitrogens with one attached hydrogen (secondary N) is 4. The highest BCUT2D eigenvalue weighted by Crippen LogP contribution is 1.88. The number of rotatable bonds is 11. The van der Waals surface area contributed by atoms with E-state index in [9.17, 15) is 19.2 Å². The van der Waals surface area contributed by atoms with Gasteiger partial charge in [-0.25, -0.2) is 0 Å². The third kappa shape index (κ3) is 10.4. The van der Waals surface area contributed by atoms with E-state index in [1.54, 1.807) is 0 Å². The van der Waals surface area contributed by atoms with Crippen LogP contribution in [0.1, 0.15) is 12.8 Å². The largest absolute Gasteiger partial charge is 0.357 e. The van der Waals surface area contributed by atoms with Crippen LogP contribution in [-0.4, -0.2) is 50.8 Å². The minimum Gasteiger partial charge on any atom is -0.357 e. The Labute approximate surface area is 105 Å². The first kappa shape index (κ1) is 15.9. The Morgan fingerprint density at radius 2 is 1.11 bits per heavy atom. The monoisotopic (exact) mass is 258 g/mol. The number of carbonyl (C=O) groups is 4. The van der Waals surface area contributed by atoms with Gasteiger partial charge in [0.15, 0.2) is 0 Å². The molecule has 0 aromatic rings. The lowest BCUT2D eigenvalue weighted by Crippen LogP contribution is -2.34. The molecule has 0 saturated carbocycles. The average Bonchev–Trinajstić information content (AvgIpc) is 2.37. The van der Waals surface area contributed by atoms with Gasteiger partial charge in [-0.1, -0.05) is 0 Å². The summed E-state index contributed by atoms with van der Waals surface area (Å²) in [4.78, 5) is 42.3. The molecule has 0 fully saturated rings. The zero-order valence-electron chi connectivity index (χ0n) is 10.0. The van der Waals surface area contributed by atoms with Crippen LogP contribution in [0.3, 0.4) is 0 Å². The van der Waals surface area contributed by atoms with E-state index in [1.165, 1.54) is 0 Å². The summed E-state index contributed by atoms with van der Waals surface area (Å²) in [5.41, 5.74) is 0. The van der Waals surface area contributed by atoms with Gasteiger partial charge < -0.3 is 21.3 Å². The third-order valence-electron chi connectivity index (χ3n) is 1.93. The lowest BCUT2D eigenvalue weighted by atomic mass is 10.3. The molecule has 0 atom stereocenters. The maximum atomic E-state index is 11.2. The van der Waals surface area contributed by atoms with Gasteiger partial charge in [0.05, 0.1) is 0 Å². The summed E-state index contributed by atoms with van der Waals surface area (Å²) >= 11 is 0. The van der Waals surface area contributed by atoms with Crippen LogP contribution in [0.25, 0.3) is 0 Å². The SMILES string of the molecule is O=CNCCNC(=O)CCC(=O)NCCNC=O. The fourth-order valence-corrected chi connectivity index (χ4v) is 1.07. The average molecular weight is 258 g/mol. The molecule has 0 aromatic carbocycles. The van der Waals surface area contributed by atoms with Gasteiger partial charge in [0, 0.05) is 39.0 Å². The minimum atomic E-state index is -0.246. The Morgan fingerprint density at radius 1 is 0.722 bits per heavy atom. The molecular weight excluding hydrogens is 240 g/mol. The molecule has 0 unspecified atom stereocenters. The van der Waals surface area contributed by atoms with Crippen molar-refractivity contribution >= 4 is 24.6 Å². The van der Waals surface area contributed by atoms with Crippen molar-refractivity contribution in [2.24, 2.45) is 0 Å². The smallest absolute Gasteiger partial charge is 0.220 e. The Hall–Kier alpha value is -2.12. The van der Waals surface area contributed by atoms with Crippen molar-refractivity contribution in [2.45, 2.75) is 12.8 Å². The molecule has 102 valence electrons. The standard InChI is InChI=1S/C10H18N4O4/c15-7-11-3-5-13-9(17)1-2-10(18)14-6-4-12-8-16/h7-8H,1-6H2,(H,11,15)(H,12,16)(H,13,17)(H,14,18). The second-order valence-electron chi connectivity index (χ2n) is 3.34. The Bertz CT molecular complexity index is 255. The highest BCUT2D eigenvalue weighted by atomic mass is 16.2. The highest BCUT2D eigenvalue weighted by Gasteiger charge is 2.05. The molecule has 4 N–H and O–H groups in total. The molecule has 0 aliphatic heterocycles. The van der Waals surface area contributed by atoms with Crippen molar-refractivity contribution in [2.75, 3.05) is 26.2 Å². The van der Waals surface area contributed by atoms with Crippen LogP contribution in [0.5, 0.6) is 0 Å². The molecule has 0 saturated heterocycles. The van der Waals surface area contributed by atoms with Crippen LogP contribution in [0.4, 0.5) is 0 Å². The van der Waals surface area contributed by atoms with Gasteiger partial charge in [0.25, 0.3) is 0 Å². The molecule has 0 aliphatic rings. The fraction of sp³-hybridized carbons (Fsp3) is 0.600. The second kappa shape index (κ2) is 11.4. The zero-order valence-corrected chi connectivity index (χ0v) is 10.0. The van der Waals surface area contributed by atoms with Crippen molar-refractivity contribution in [3.63, 3.8) is 0 Å². The first-order valence-electron chi connectivity index (χ1n) is 5.58. The van der Waals surface area contributed by atoms with Gasteiger partial charge in [-0.05, 0) is 0 Å². The first-order valence-corrected chi connectivity index (χ1v) is 5.58. The van der Waals surface area contributed by atoms with E-state index in [0.29, 0.717) is 39.0 Å². The van der Waals surface area contributed by atoms with Gasteiger partial charge in [-0.2, -0.15) is 0 Å². The minimum absolute atomic E-state index is 0.0913. The topological polar surface area (TPSA) is 116 Å². The molecule has 18 heavy (non-hydrogen) atoms. The van der Waals surface area contributed by atoms with Crippen LogP contribution in [0, 0.1) is 0 Å². The summed E-state index contributed by atoms with van der Waals surface area (Å²) in [5.74, 6) is -0.493. The van der Waals surface area contributed by atoms with Gasteiger partial charge in [-0.3, -0.25) is 19.2 Å². The molecule has 0 bridgehead atoms. The molecule has 0 heterocycles. The maximum Gasteiger partial charge on any atom is 0.220 e. The lowest BCUT2D eigenvalue weighted by molar-refractivity contribution is -0.126. The normalized spacial score (nSPS) is 9.11. The summed E-state index contributed by atoms with van der Waals surface area (Å²) in [5, 5.41) is 9.90. The number of carbonyl (C=O) groups excluding carboxylic acids is 4. The highest BCUT2D eigenvalue weighted by molar-refractivity contribution is 5.83. The third-order valence-corrected chi connectivity index (χ3v) is 1.93. The molecule has 0 radical (unpaired) electrons. The quantitative estimate of drug-likeness (QED) is 0.242. The van der Waals surface area contributed by atoms with E-state index in [1.807, 2.05) is 0 Å². The second-order valence-corrected chi connectivity index (χ2v) is 3.34. The van der Waals surface area contributed by atoms with Crippen LogP contribution < -0.4 is 21.3 Å². The number of hydrogen-bond donors (Lipinski definition) is 4. The molecule has 0 aromatic heterocycles. The van der Waals surface area contributed by atoms with Crippen molar-refractivity contribution in [3.8, 4) is 0 Å². The summed E-state index contributed by atoms with van der Waals surface area (Å²) < 4.78 is 0. The molecular formula is C10H18N4O4. The van der Waals surface area contributed by atoms with Crippen LogP contribution in [-0.2, 0) is 19.2 Å². The summed E-state index contributed by atoms with van der Waals surface area (Å²) in [6.45, 7) is 1.39. The molecule has 0 aliphatic carbocycles. The van der Waals surface area contributed by atoms with Gasteiger partial charge in [0.2, 0.25) is 24.6 Å². The van der Waals surface area contributed by atoms with Crippen LogP contribution in [0.2, 0.25) is 0 Å². The van der Waals surface area contributed by atoms with Gasteiger partial charge in [0.1, 0.15) is 0 Å². The van der Waals surface area contributed by atoms with Gasteiger partial charge >= 0.3 is 0 Å². The Kier molecular flexibility index (Phi) is 10.0. The molecule has 8 nitrogen and oxygen atoms in total. The van der Waals surface area contributed by atoms with Crippen LogP contribution in [0.15, 0.2) is 0 Å². The van der Waals surface area contributed by atoms with E-state index < -0.39 is 0 Å². The fourth-order valence-electron chi connectivity index (χ4n) is 1.07. The van der Waals surface area contributed by atoms with E-state index in [4.69, 9.17) is 0 Å². The van der Waals surface area contributed by atoms with Crippen molar-refractivity contribution < 1.29 is 19.2 Å². The number of hydrogen-bond acceptors (Lipinski definition) is 4. The molecule has 0 rings (SSSR count).